The number of rotatable bonds is 2. The summed E-state index contributed by atoms with van der Waals surface area (Å²) < 4.78 is 0. The molecule has 1 heterocycles. The fraction of sp³-hybridized carbons (Fsp3) is 0.923. The van der Waals surface area contributed by atoms with Gasteiger partial charge in [-0.2, -0.15) is 0 Å². The number of nitrogens with one attached hydrogen (secondary N) is 1. The first-order chi connectivity index (χ1) is 7.29. The van der Waals surface area contributed by atoms with Gasteiger partial charge in [0.25, 0.3) is 0 Å². The van der Waals surface area contributed by atoms with Gasteiger partial charge < -0.3 is 5.32 Å². The first-order valence-corrected chi connectivity index (χ1v) is 7.14. The van der Waals surface area contributed by atoms with Crippen molar-refractivity contribution in [1.82, 2.24) is 5.32 Å². The van der Waals surface area contributed by atoms with Crippen molar-refractivity contribution >= 4 is 16.9 Å². The Morgan fingerprint density at radius 3 is 2.56 bits per heavy atom. The summed E-state index contributed by atoms with van der Waals surface area (Å²) in [5.41, 5.74) is 0.348. The summed E-state index contributed by atoms with van der Waals surface area (Å²) in [7, 11) is 0. The van der Waals surface area contributed by atoms with Crippen LogP contribution in [0, 0.1) is 11.3 Å². The molecule has 0 radical (unpaired) electrons. The third-order valence-corrected chi connectivity index (χ3v) is 4.42. The molecular weight excluding hydrogens is 216 g/mol. The minimum absolute atomic E-state index is 0.348. The van der Waals surface area contributed by atoms with Gasteiger partial charge in [0, 0.05) is 17.8 Å². The first kappa shape index (κ1) is 13.9. The summed E-state index contributed by atoms with van der Waals surface area (Å²) in [6.07, 6.45) is 1.23. The highest BCUT2D eigenvalue weighted by atomic mass is 32.2. The highest BCUT2D eigenvalue weighted by Crippen LogP contribution is 2.27. The molecule has 3 heteroatoms. The lowest BCUT2D eigenvalue weighted by Crippen LogP contribution is -2.38. The summed E-state index contributed by atoms with van der Waals surface area (Å²) >= 11 is 1.88. The lowest BCUT2D eigenvalue weighted by molar-refractivity contribution is 0.269. The molecule has 0 saturated carbocycles. The van der Waals surface area contributed by atoms with Crippen LogP contribution in [0.15, 0.2) is 4.99 Å². The van der Waals surface area contributed by atoms with E-state index >= 15 is 0 Å². The van der Waals surface area contributed by atoms with E-state index in [0.29, 0.717) is 22.6 Å². The fourth-order valence-corrected chi connectivity index (χ4v) is 2.80. The molecule has 0 amide bonds. The fourth-order valence-electron chi connectivity index (χ4n) is 1.62. The largest absolute Gasteiger partial charge is 0.362 e. The minimum atomic E-state index is 0.348. The second-order valence-corrected chi connectivity index (χ2v) is 7.55. The third-order valence-electron chi connectivity index (χ3n) is 3.36. The molecule has 0 aliphatic carbocycles. The summed E-state index contributed by atoms with van der Waals surface area (Å²) in [5, 5.41) is 5.30. The Morgan fingerprint density at radius 1 is 1.44 bits per heavy atom. The van der Waals surface area contributed by atoms with E-state index in [1.807, 2.05) is 11.8 Å². The second kappa shape index (κ2) is 5.44. The molecule has 94 valence electrons. The van der Waals surface area contributed by atoms with Gasteiger partial charge in [-0.3, -0.25) is 4.99 Å². The maximum atomic E-state index is 4.72. The van der Waals surface area contributed by atoms with Crippen molar-refractivity contribution in [2.45, 2.75) is 59.3 Å². The molecule has 3 unspecified atom stereocenters. The van der Waals surface area contributed by atoms with Crippen LogP contribution < -0.4 is 5.32 Å². The predicted molar refractivity (Wildman–Crippen MR) is 75.2 cm³/mol. The molecule has 3 atom stereocenters. The lowest BCUT2D eigenvalue weighted by Gasteiger charge is -2.29. The predicted octanol–water partition coefficient (Wildman–Crippen LogP) is 3.53. The summed E-state index contributed by atoms with van der Waals surface area (Å²) in [6.45, 7) is 14.6. The Morgan fingerprint density at radius 2 is 2.06 bits per heavy atom. The van der Waals surface area contributed by atoms with Gasteiger partial charge in [-0.15, -0.1) is 0 Å². The van der Waals surface area contributed by atoms with Crippen LogP contribution in [0.25, 0.3) is 0 Å². The van der Waals surface area contributed by atoms with Crippen molar-refractivity contribution in [3.8, 4) is 0 Å². The molecule has 1 fully saturated rings. The summed E-state index contributed by atoms with van der Waals surface area (Å²) in [6, 6.07) is 0.569. The number of thioether (sulfide) groups is 1. The zero-order chi connectivity index (χ0) is 12.3. The highest BCUT2D eigenvalue weighted by molar-refractivity contribution is 8.14. The Bertz CT molecular complexity index is 243. The van der Waals surface area contributed by atoms with Gasteiger partial charge in [0.2, 0.25) is 0 Å². The van der Waals surface area contributed by atoms with Gasteiger partial charge in [0.05, 0.1) is 0 Å². The molecule has 1 rings (SSSR count). The maximum Gasteiger partial charge on any atom is 0.157 e. The molecule has 0 aromatic rings. The van der Waals surface area contributed by atoms with Gasteiger partial charge in [-0.25, -0.2) is 0 Å². The van der Waals surface area contributed by atoms with Crippen molar-refractivity contribution < 1.29 is 0 Å². The van der Waals surface area contributed by atoms with Crippen LogP contribution in [0.2, 0.25) is 0 Å². The van der Waals surface area contributed by atoms with E-state index in [4.69, 9.17) is 4.99 Å². The monoisotopic (exact) mass is 242 g/mol. The molecule has 1 aliphatic heterocycles. The molecule has 0 bridgehead atoms. The zero-order valence-electron chi connectivity index (χ0n) is 11.5. The van der Waals surface area contributed by atoms with E-state index in [0.717, 1.165) is 11.7 Å². The van der Waals surface area contributed by atoms with E-state index in [1.54, 1.807) is 0 Å². The number of aliphatic imine (C=N–C) groups is 1. The Labute approximate surface area is 105 Å². The Kier molecular flexibility index (Phi) is 4.72. The van der Waals surface area contributed by atoms with Crippen LogP contribution in [0.5, 0.6) is 0 Å². The number of hydrogen-bond donors (Lipinski definition) is 1. The molecule has 0 spiro atoms. The first-order valence-electron chi connectivity index (χ1n) is 6.26. The van der Waals surface area contributed by atoms with Crippen LogP contribution in [0.3, 0.4) is 0 Å². The van der Waals surface area contributed by atoms with Gasteiger partial charge in [-0.05, 0) is 24.7 Å². The lowest BCUT2D eigenvalue weighted by atomic mass is 9.82. The van der Waals surface area contributed by atoms with Crippen molar-refractivity contribution in [1.29, 1.82) is 0 Å². The molecule has 1 N–H and O–H groups in total. The number of hydrogen-bond acceptors (Lipinski definition) is 2. The summed E-state index contributed by atoms with van der Waals surface area (Å²) in [4.78, 5) is 4.72. The van der Waals surface area contributed by atoms with Crippen molar-refractivity contribution in [3.05, 3.63) is 0 Å². The van der Waals surface area contributed by atoms with E-state index in [-0.39, 0.29) is 0 Å². The molecule has 1 saturated heterocycles. The van der Waals surface area contributed by atoms with Crippen molar-refractivity contribution in [2.24, 2.45) is 16.3 Å². The number of nitrogens with zero attached hydrogens (tertiary/aromatic N) is 1. The summed E-state index contributed by atoms with van der Waals surface area (Å²) in [5.74, 6) is 0.620. The quantitative estimate of drug-likeness (QED) is 0.801. The van der Waals surface area contributed by atoms with Crippen LogP contribution in [0.4, 0.5) is 0 Å². The van der Waals surface area contributed by atoms with Gasteiger partial charge in [-0.1, -0.05) is 46.4 Å². The van der Waals surface area contributed by atoms with E-state index in [1.165, 1.54) is 6.42 Å². The Hall–Kier alpha value is -0.180. The smallest absolute Gasteiger partial charge is 0.157 e. The standard InChI is InChI=1S/C13H26N2S/c1-9(13(4,5)6)8-14-12-15-10(2)7-11(3)16-12/h9-11H,7-8H2,1-6H3,(H,14,15). The maximum absolute atomic E-state index is 4.72. The van der Waals surface area contributed by atoms with Crippen molar-refractivity contribution in [3.63, 3.8) is 0 Å². The van der Waals surface area contributed by atoms with Crippen LogP contribution >= 0.6 is 11.8 Å². The van der Waals surface area contributed by atoms with Crippen LogP contribution in [0.1, 0.15) is 48.0 Å². The van der Waals surface area contributed by atoms with Crippen molar-refractivity contribution in [2.75, 3.05) is 6.54 Å². The van der Waals surface area contributed by atoms with Crippen LogP contribution in [-0.2, 0) is 0 Å². The third kappa shape index (κ3) is 4.36. The zero-order valence-corrected chi connectivity index (χ0v) is 12.3. The van der Waals surface area contributed by atoms with E-state index in [9.17, 15) is 0 Å². The van der Waals surface area contributed by atoms with E-state index in [2.05, 4.69) is 46.9 Å². The van der Waals surface area contributed by atoms with Gasteiger partial charge in [0.15, 0.2) is 5.17 Å². The van der Waals surface area contributed by atoms with E-state index < -0.39 is 0 Å². The number of amidine groups is 1. The molecule has 0 aromatic heterocycles. The topological polar surface area (TPSA) is 24.4 Å². The SMILES string of the molecule is CC1CC(C)SC(=NCC(C)C(C)(C)C)N1. The van der Waals surface area contributed by atoms with Gasteiger partial charge >= 0.3 is 0 Å². The highest BCUT2D eigenvalue weighted by Gasteiger charge is 2.22. The average molecular weight is 242 g/mol. The molecule has 16 heavy (non-hydrogen) atoms. The molecule has 1 aliphatic rings. The van der Waals surface area contributed by atoms with Crippen LogP contribution in [-0.4, -0.2) is 23.0 Å². The average Bonchev–Trinajstić information content (AvgIpc) is 2.11. The molecular formula is C13H26N2S. The normalized spacial score (nSPS) is 31.2. The van der Waals surface area contributed by atoms with Gasteiger partial charge in [0.1, 0.15) is 0 Å². The second-order valence-electron chi connectivity index (χ2n) is 6.12. The Balaban J connectivity index is 2.51. The molecule has 2 nitrogen and oxygen atoms in total. The molecule has 0 aromatic carbocycles. The minimum Gasteiger partial charge on any atom is -0.362 e.